The Labute approximate surface area is 160 Å². The van der Waals surface area contributed by atoms with Gasteiger partial charge >= 0.3 is 0 Å². The fourth-order valence-electron chi connectivity index (χ4n) is 3.30. The Morgan fingerprint density at radius 1 is 1.04 bits per heavy atom. The number of aryl methyl sites for hydroxylation is 1. The molecule has 0 atom stereocenters. The Balaban J connectivity index is 1.46. The molecule has 1 aliphatic rings. The lowest BCUT2D eigenvalue weighted by atomic mass is 10.1. The molecular weight excluding hydrogens is 346 g/mol. The van der Waals surface area contributed by atoms with Crippen LogP contribution in [0.5, 0.6) is 0 Å². The van der Waals surface area contributed by atoms with E-state index in [0.29, 0.717) is 13.1 Å². The number of benzene rings is 2. The SMILES string of the molecule is Cc1cccc(N2CCN(C(=O)CNCc3ccc(Cl)cc3)CC2)c1C. The van der Waals surface area contributed by atoms with Gasteiger partial charge in [0.25, 0.3) is 0 Å². The van der Waals surface area contributed by atoms with Gasteiger partial charge in [-0.3, -0.25) is 4.79 Å². The highest BCUT2D eigenvalue weighted by molar-refractivity contribution is 6.30. The van der Waals surface area contributed by atoms with Crippen LogP contribution in [-0.2, 0) is 11.3 Å². The summed E-state index contributed by atoms with van der Waals surface area (Å²) in [6, 6.07) is 14.1. The fraction of sp³-hybridized carbons (Fsp3) is 0.381. The molecule has 0 aliphatic carbocycles. The molecule has 2 aromatic rings. The molecule has 0 aromatic heterocycles. The number of amides is 1. The van der Waals surface area contributed by atoms with E-state index in [0.717, 1.165) is 36.8 Å². The standard InChI is InChI=1S/C21H26ClN3O/c1-16-4-3-5-20(17(16)2)24-10-12-25(13-11-24)21(26)15-23-14-18-6-8-19(22)9-7-18/h3-9,23H,10-15H2,1-2H3. The number of carbonyl (C=O) groups is 1. The summed E-state index contributed by atoms with van der Waals surface area (Å²) in [4.78, 5) is 16.8. The van der Waals surface area contributed by atoms with Crippen LogP contribution in [0.3, 0.4) is 0 Å². The van der Waals surface area contributed by atoms with Crippen molar-refractivity contribution in [2.75, 3.05) is 37.6 Å². The molecule has 4 nitrogen and oxygen atoms in total. The topological polar surface area (TPSA) is 35.6 Å². The van der Waals surface area contributed by atoms with Crippen molar-refractivity contribution >= 4 is 23.2 Å². The molecule has 1 heterocycles. The van der Waals surface area contributed by atoms with Gasteiger partial charge in [0.15, 0.2) is 0 Å². The Morgan fingerprint density at radius 2 is 1.73 bits per heavy atom. The molecule has 138 valence electrons. The molecule has 3 rings (SSSR count). The van der Waals surface area contributed by atoms with Crippen molar-refractivity contribution in [1.82, 2.24) is 10.2 Å². The molecule has 26 heavy (non-hydrogen) atoms. The third-order valence-electron chi connectivity index (χ3n) is 5.07. The van der Waals surface area contributed by atoms with Crippen molar-refractivity contribution in [3.63, 3.8) is 0 Å². The fourth-order valence-corrected chi connectivity index (χ4v) is 3.43. The van der Waals surface area contributed by atoms with E-state index in [-0.39, 0.29) is 5.91 Å². The van der Waals surface area contributed by atoms with E-state index in [1.165, 1.54) is 16.8 Å². The summed E-state index contributed by atoms with van der Waals surface area (Å²) in [7, 11) is 0. The van der Waals surface area contributed by atoms with Crippen molar-refractivity contribution in [3.8, 4) is 0 Å². The summed E-state index contributed by atoms with van der Waals surface area (Å²) in [6.45, 7) is 8.66. The minimum atomic E-state index is 0.166. The van der Waals surface area contributed by atoms with Crippen LogP contribution in [0.25, 0.3) is 0 Å². The van der Waals surface area contributed by atoms with Crippen LogP contribution < -0.4 is 10.2 Å². The molecule has 2 aromatic carbocycles. The van der Waals surface area contributed by atoms with Gasteiger partial charge in [0.05, 0.1) is 6.54 Å². The maximum atomic E-state index is 12.4. The minimum Gasteiger partial charge on any atom is -0.368 e. The van der Waals surface area contributed by atoms with E-state index in [9.17, 15) is 4.79 Å². The molecule has 1 N–H and O–H groups in total. The Bertz CT molecular complexity index is 752. The Morgan fingerprint density at radius 3 is 2.42 bits per heavy atom. The number of hydrogen-bond acceptors (Lipinski definition) is 3. The second-order valence-corrected chi connectivity index (χ2v) is 7.25. The predicted octanol–water partition coefficient (Wildman–Crippen LogP) is 3.40. The quantitative estimate of drug-likeness (QED) is 0.875. The Kier molecular flexibility index (Phi) is 6.17. The molecule has 0 radical (unpaired) electrons. The van der Waals surface area contributed by atoms with Gasteiger partial charge in [-0.05, 0) is 48.7 Å². The van der Waals surface area contributed by atoms with Crippen molar-refractivity contribution in [1.29, 1.82) is 0 Å². The summed E-state index contributed by atoms with van der Waals surface area (Å²) in [5, 5.41) is 3.96. The van der Waals surface area contributed by atoms with Crippen LogP contribution in [0, 0.1) is 13.8 Å². The van der Waals surface area contributed by atoms with E-state index < -0.39 is 0 Å². The van der Waals surface area contributed by atoms with Crippen LogP contribution in [0.4, 0.5) is 5.69 Å². The third kappa shape index (κ3) is 4.57. The number of carbonyl (C=O) groups excluding carboxylic acids is 1. The number of nitrogens with zero attached hydrogens (tertiary/aromatic N) is 2. The van der Waals surface area contributed by atoms with Crippen molar-refractivity contribution in [3.05, 3.63) is 64.2 Å². The van der Waals surface area contributed by atoms with E-state index in [1.807, 2.05) is 29.2 Å². The monoisotopic (exact) mass is 371 g/mol. The number of rotatable bonds is 5. The maximum Gasteiger partial charge on any atom is 0.236 e. The molecular formula is C21H26ClN3O. The summed E-state index contributed by atoms with van der Waals surface area (Å²) in [6.07, 6.45) is 0. The van der Waals surface area contributed by atoms with Crippen molar-refractivity contribution in [2.45, 2.75) is 20.4 Å². The van der Waals surface area contributed by atoms with Gasteiger partial charge in [0.2, 0.25) is 5.91 Å². The second-order valence-electron chi connectivity index (χ2n) is 6.82. The second kappa shape index (κ2) is 8.56. The lowest BCUT2D eigenvalue weighted by Gasteiger charge is -2.37. The minimum absolute atomic E-state index is 0.166. The average Bonchev–Trinajstić information content (AvgIpc) is 2.66. The van der Waals surface area contributed by atoms with Gasteiger partial charge in [0, 0.05) is 43.4 Å². The van der Waals surface area contributed by atoms with Gasteiger partial charge in [-0.15, -0.1) is 0 Å². The van der Waals surface area contributed by atoms with Crippen LogP contribution in [-0.4, -0.2) is 43.5 Å². The zero-order chi connectivity index (χ0) is 18.5. The summed E-state index contributed by atoms with van der Waals surface area (Å²) in [5.74, 6) is 0.166. The number of anilines is 1. The number of piperazine rings is 1. The maximum absolute atomic E-state index is 12.4. The van der Waals surface area contributed by atoms with E-state index in [1.54, 1.807) is 0 Å². The summed E-state index contributed by atoms with van der Waals surface area (Å²) < 4.78 is 0. The van der Waals surface area contributed by atoms with Crippen molar-refractivity contribution < 1.29 is 4.79 Å². The van der Waals surface area contributed by atoms with Gasteiger partial charge in [-0.1, -0.05) is 35.9 Å². The van der Waals surface area contributed by atoms with Crippen LogP contribution in [0.1, 0.15) is 16.7 Å². The zero-order valence-electron chi connectivity index (χ0n) is 15.5. The molecule has 5 heteroatoms. The number of halogens is 1. The van der Waals surface area contributed by atoms with Crippen LogP contribution in [0.15, 0.2) is 42.5 Å². The molecule has 0 bridgehead atoms. The third-order valence-corrected chi connectivity index (χ3v) is 5.32. The first-order valence-electron chi connectivity index (χ1n) is 9.08. The molecule has 1 amide bonds. The number of hydrogen-bond donors (Lipinski definition) is 1. The molecule has 1 fully saturated rings. The van der Waals surface area contributed by atoms with Crippen molar-refractivity contribution in [2.24, 2.45) is 0 Å². The first kappa shape index (κ1) is 18.7. The zero-order valence-corrected chi connectivity index (χ0v) is 16.2. The highest BCUT2D eigenvalue weighted by atomic mass is 35.5. The first-order valence-corrected chi connectivity index (χ1v) is 9.46. The largest absolute Gasteiger partial charge is 0.368 e. The van der Waals surface area contributed by atoms with E-state index >= 15 is 0 Å². The summed E-state index contributed by atoms with van der Waals surface area (Å²) in [5.41, 5.74) is 5.06. The average molecular weight is 372 g/mol. The highest BCUT2D eigenvalue weighted by Gasteiger charge is 2.21. The molecule has 0 saturated carbocycles. The van der Waals surface area contributed by atoms with Gasteiger partial charge in [-0.25, -0.2) is 0 Å². The van der Waals surface area contributed by atoms with Crippen LogP contribution >= 0.6 is 11.6 Å². The van der Waals surface area contributed by atoms with Gasteiger partial charge in [-0.2, -0.15) is 0 Å². The van der Waals surface area contributed by atoms with Gasteiger partial charge in [0.1, 0.15) is 0 Å². The van der Waals surface area contributed by atoms with E-state index in [2.05, 4.69) is 42.3 Å². The molecule has 0 spiro atoms. The predicted molar refractivity (Wildman–Crippen MR) is 108 cm³/mol. The lowest BCUT2D eigenvalue weighted by molar-refractivity contribution is -0.130. The molecule has 1 saturated heterocycles. The highest BCUT2D eigenvalue weighted by Crippen LogP contribution is 2.23. The molecule has 0 unspecified atom stereocenters. The number of nitrogens with one attached hydrogen (secondary N) is 1. The van der Waals surface area contributed by atoms with E-state index in [4.69, 9.17) is 11.6 Å². The summed E-state index contributed by atoms with van der Waals surface area (Å²) >= 11 is 5.89. The smallest absolute Gasteiger partial charge is 0.236 e. The Hall–Kier alpha value is -2.04. The molecule has 1 aliphatic heterocycles. The lowest BCUT2D eigenvalue weighted by Crippen LogP contribution is -2.51. The normalized spacial score (nSPS) is 14.6. The van der Waals surface area contributed by atoms with Gasteiger partial charge < -0.3 is 15.1 Å². The first-order chi connectivity index (χ1) is 12.5. The van der Waals surface area contributed by atoms with Crippen LogP contribution in [0.2, 0.25) is 5.02 Å².